The van der Waals surface area contributed by atoms with Crippen LogP contribution in [0.2, 0.25) is 0 Å². The second kappa shape index (κ2) is 9.09. The number of nitro groups is 1. The van der Waals surface area contributed by atoms with E-state index in [1.165, 1.54) is 30.3 Å². The first kappa shape index (κ1) is 18.8. The summed E-state index contributed by atoms with van der Waals surface area (Å²) >= 11 is 0. The molecule has 0 unspecified atom stereocenters. The minimum Gasteiger partial charge on any atom is -0.423 e. The Bertz CT molecular complexity index is 1000. The fraction of sp³-hybridized carbons (Fsp3) is 0. The van der Waals surface area contributed by atoms with Gasteiger partial charge in [-0.25, -0.2) is 4.79 Å². The van der Waals surface area contributed by atoms with E-state index in [4.69, 9.17) is 4.74 Å². The van der Waals surface area contributed by atoms with Crippen molar-refractivity contribution in [3.05, 3.63) is 112 Å². The number of carbonyl (C=O) groups is 1. The number of nitro benzene ring substituents is 1. The van der Waals surface area contributed by atoms with Crippen molar-refractivity contribution in [2.75, 3.05) is 0 Å². The third-order valence-corrected chi connectivity index (χ3v) is 3.88. The highest BCUT2D eigenvalue weighted by Gasteiger charge is 2.06. The minimum absolute atomic E-state index is 0.0586. The van der Waals surface area contributed by atoms with Gasteiger partial charge in [-0.1, -0.05) is 66.7 Å². The van der Waals surface area contributed by atoms with E-state index in [-0.39, 0.29) is 11.4 Å². The van der Waals surface area contributed by atoms with Crippen molar-refractivity contribution in [1.29, 1.82) is 0 Å². The molecule has 0 amide bonds. The van der Waals surface area contributed by atoms with Gasteiger partial charge in [0.05, 0.1) is 4.92 Å². The molecule has 3 rings (SSSR count). The third-order valence-electron chi connectivity index (χ3n) is 3.88. The summed E-state index contributed by atoms with van der Waals surface area (Å²) in [5.41, 5.74) is 2.98. The Kier molecular flexibility index (Phi) is 6.10. The maximum atomic E-state index is 11.9. The molecule has 0 saturated heterocycles. The molecule has 3 aromatic rings. The predicted octanol–water partition coefficient (Wildman–Crippen LogP) is 5.38. The van der Waals surface area contributed by atoms with Crippen LogP contribution in [0.4, 0.5) is 5.69 Å². The molecule has 5 heteroatoms. The highest BCUT2D eigenvalue weighted by atomic mass is 16.6. The molecule has 0 N–H and O–H groups in total. The Hall–Kier alpha value is -3.99. The number of hydrogen-bond donors (Lipinski definition) is 0. The topological polar surface area (TPSA) is 69.4 Å². The molecule has 0 radical (unpaired) electrons. The number of ether oxygens (including phenoxy) is 1. The van der Waals surface area contributed by atoms with Crippen LogP contribution in [-0.4, -0.2) is 10.9 Å². The van der Waals surface area contributed by atoms with Crippen LogP contribution in [-0.2, 0) is 4.79 Å². The lowest BCUT2D eigenvalue weighted by Gasteiger charge is -2.01. The molecular weight excluding hydrogens is 354 g/mol. The van der Waals surface area contributed by atoms with E-state index in [2.05, 4.69) is 0 Å². The number of rotatable bonds is 6. The van der Waals surface area contributed by atoms with Gasteiger partial charge in [-0.15, -0.1) is 0 Å². The van der Waals surface area contributed by atoms with E-state index in [1.54, 1.807) is 6.08 Å². The normalized spacial score (nSPS) is 11.0. The largest absolute Gasteiger partial charge is 0.423 e. The lowest BCUT2D eigenvalue weighted by molar-refractivity contribution is -0.384. The molecule has 138 valence electrons. The molecule has 0 spiro atoms. The molecule has 0 aliphatic rings. The van der Waals surface area contributed by atoms with Gasteiger partial charge in [0, 0.05) is 18.2 Å². The number of benzene rings is 3. The van der Waals surface area contributed by atoms with Gasteiger partial charge >= 0.3 is 5.97 Å². The van der Waals surface area contributed by atoms with Crippen molar-refractivity contribution in [2.45, 2.75) is 0 Å². The summed E-state index contributed by atoms with van der Waals surface area (Å²) < 4.78 is 5.12. The Balaban J connectivity index is 1.57. The van der Waals surface area contributed by atoms with Gasteiger partial charge in [0.1, 0.15) is 5.75 Å². The van der Waals surface area contributed by atoms with Crippen LogP contribution in [0.25, 0.3) is 18.2 Å². The van der Waals surface area contributed by atoms with E-state index in [0.29, 0.717) is 0 Å². The summed E-state index contributed by atoms with van der Waals surface area (Å²) in [6.45, 7) is 0. The molecule has 0 bridgehead atoms. The smallest absolute Gasteiger partial charge is 0.336 e. The van der Waals surface area contributed by atoms with Crippen LogP contribution < -0.4 is 4.74 Å². The van der Waals surface area contributed by atoms with Crippen molar-refractivity contribution in [3.63, 3.8) is 0 Å². The van der Waals surface area contributed by atoms with Crippen LogP contribution in [0.15, 0.2) is 84.9 Å². The van der Waals surface area contributed by atoms with Gasteiger partial charge in [-0.05, 0) is 34.9 Å². The molecule has 3 aromatic carbocycles. The number of esters is 1. The van der Waals surface area contributed by atoms with Crippen molar-refractivity contribution in [2.24, 2.45) is 0 Å². The lowest BCUT2D eigenvalue weighted by Crippen LogP contribution is -2.03. The van der Waals surface area contributed by atoms with E-state index in [9.17, 15) is 14.9 Å². The first-order chi connectivity index (χ1) is 13.6. The second-order valence-corrected chi connectivity index (χ2v) is 5.92. The molecule has 0 atom stereocenters. The summed E-state index contributed by atoms with van der Waals surface area (Å²) in [7, 11) is 0. The third kappa shape index (κ3) is 5.51. The van der Waals surface area contributed by atoms with Crippen molar-refractivity contribution in [3.8, 4) is 5.75 Å². The van der Waals surface area contributed by atoms with Crippen LogP contribution in [0.3, 0.4) is 0 Å². The van der Waals surface area contributed by atoms with Gasteiger partial charge in [0.25, 0.3) is 5.69 Å². The Morgan fingerprint density at radius 3 is 1.86 bits per heavy atom. The van der Waals surface area contributed by atoms with Gasteiger partial charge in [0.15, 0.2) is 0 Å². The zero-order valence-electron chi connectivity index (χ0n) is 14.9. The molecule has 0 heterocycles. The average molecular weight is 371 g/mol. The predicted molar refractivity (Wildman–Crippen MR) is 110 cm³/mol. The summed E-state index contributed by atoms with van der Waals surface area (Å²) in [5, 5.41) is 10.6. The van der Waals surface area contributed by atoms with E-state index < -0.39 is 10.9 Å². The molecule has 0 aliphatic carbocycles. The second-order valence-electron chi connectivity index (χ2n) is 5.92. The first-order valence-corrected chi connectivity index (χ1v) is 8.58. The fourth-order valence-electron chi connectivity index (χ4n) is 2.43. The Morgan fingerprint density at radius 2 is 1.29 bits per heavy atom. The van der Waals surface area contributed by atoms with E-state index in [0.717, 1.165) is 16.7 Å². The van der Waals surface area contributed by atoms with Crippen LogP contribution in [0, 0.1) is 10.1 Å². The van der Waals surface area contributed by atoms with Crippen LogP contribution in [0.1, 0.15) is 16.7 Å². The van der Waals surface area contributed by atoms with E-state index in [1.807, 2.05) is 66.7 Å². The number of nitrogens with zero attached hydrogens (tertiary/aromatic N) is 1. The molecule has 5 nitrogen and oxygen atoms in total. The maximum Gasteiger partial charge on any atom is 0.336 e. The SMILES string of the molecule is O=C(/C=C/c1ccc(C=Cc2ccccc2)cc1)Oc1ccc([N+](=O)[O-])cc1. The highest BCUT2D eigenvalue weighted by molar-refractivity contribution is 5.88. The van der Waals surface area contributed by atoms with Crippen molar-refractivity contribution in [1.82, 2.24) is 0 Å². The Labute approximate surface area is 162 Å². The zero-order valence-corrected chi connectivity index (χ0v) is 14.9. The molecule has 0 saturated carbocycles. The van der Waals surface area contributed by atoms with E-state index >= 15 is 0 Å². The summed E-state index contributed by atoms with van der Waals surface area (Å²) in [5.74, 6) is -0.302. The Morgan fingerprint density at radius 1 is 0.750 bits per heavy atom. The van der Waals surface area contributed by atoms with Gasteiger partial charge in [0.2, 0.25) is 0 Å². The van der Waals surface area contributed by atoms with Crippen molar-refractivity contribution >= 4 is 29.9 Å². The minimum atomic E-state index is -0.554. The van der Waals surface area contributed by atoms with Gasteiger partial charge in [-0.3, -0.25) is 10.1 Å². The molecule has 0 fully saturated rings. The molecule has 0 aliphatic heterocycles. The number of carbonyl (C=O) groups excluding carboxylic acids is 1. The molecule has 28 heavy (non-hydrogen) atoms. The lowest BCUT2D eigenvalue weighted by atomic mass is 10.1. The van der Waals surface area contributed by atoms with Crippen molar-refractivity contribution < 1.29 is 14.5 Å². The summed E-state index contributed by atoms with van der Waals surface area (Å²) in [6.07, 6.45) is 7.02. The number of non-ortho nitro benzene ring substituents is 1. The highest BCUT2D eigenvalue weighted by Crippen LogP contribution is 2.17. The summed E-state index contributed by atoms with van der Waals surface area (Å²) in [6, 6.07) is 23.1. The number of hydrogen-bond acceptors (Lipinski definition) is 4. The molecule has 0 aromatic heterocycles. The quantitative estimate of drug-likeness (QED) is 0.146. The summed E-state index contributed by atoms with van der Waals surface area (Å²) in [4.78, 5) is 22.0. The van der Waals surface area contributed by atoms with Crippen LogP contribution in [0.5, 0.6) is 5.75 Å². The zero-order chi connectivity index (χ0) is 19.8. The maximum absolute atomic E-state index is 11.9. The van der Waals surface area contributed by atoms with Gasteiger partial charge in [-0.2, -0.15) is 0 Å². The standard InChI is InChI=1S/C23H17NO4/c25-23(28-22-15-13-21(14-16-22)24(26)27)17-12-20-10-8-19(9-11-20)7-6-18-4-2-1-3-5-18/h1-17H/b7-6?,17-12+. The molecular formula is C23H17NO4. The average Bonchev–Trinajstić information content (AvgIpc) is 2.72. The van der Waals surface area contributed by atoms with Crippen LogP contribution >= 0.6 is 0 Å². The monoisotopic (exact) mass is 371 g/mol. The first-order valence-electron chi connectivity index (χ1n) is 8.58. The van der Waals surface area contributed by atoms with Gasteiger partial charge < -0.3 is 4.74 Å². The fourth-order valence-corrected chi connectivity index (χ4v) is 2.43.